The monoisotopic (exact) mass is 527 g/mol. The Morgan fingerprint density at radius 3 is 2.36 bits per heavy atom. The molecule has 1 fully saturated rings. The van der Waals surface area contributed by atoms with E-state index in [1.54, 1.807) is 6.07 Å². The number of likely N-dealkylation sites (tertiary alicyclic amines) is 1. The summed E-state index contributed by atoms with van der Waals surface area (Å²) >= 11 is 0. The number of fused-ring (bicyclic) bond motifs is 2. The third-order valence-electron chi connectivity index (χ3n) is 8.25. The number of carbonyl (C=O) groups excluding carboxylic acids is 2. The molecular weight excluding hydrogens is 494 g/mol. The first-order chi connectivity index (χ1) is 18.8. The van der Waals surface area contributed by atoms with Crippen LogP contribution in [0, 0.1) is 17.8 Å². The van der Waals surface area contributed by atoms with E-state index in [-0.39, 0.29) is 30.6 Å². The zero-order valence-corrected chi connectivity index (χ0v) is 21.8. The van der Waals surface area contributed by atoms with Crippen LogP contribution in [0.3, 0.4) is 0 Å². The number of allylic oxidation sites excluding steroid dienone is 1. The molecule has 0 aromatic heterocycles. The van der Waals surface area contributed by atoms with Crippen LogP contribution in [0.2, 0.25) is 0 Å². The van der Waals surface area contributed by atoms with E-state index in [2.05, 4.69) is 6.08 Å². The van der Waals surface area contributed by atoms with Crippen molar-refractivity contribution < 1.29 is 30.0 Å². The topological polar surface area (TPSA) is 118 Å². The van der Waals surface area contributed by atoms with E-state index in [0.717, 1.165) is 32.4 Å². The fraction of sp³-hybridized carbons (Fsp3) is 0.312. The number of aromatic hydroxyl groups is 1. The summed E-state index contributed by atoms with van der Waals surface area (Å²) in [7, 11) is 1.44. The highest BCUT2D eigenvalue weighted by atomic mass is 16.3. The number of rotatable bonds is 8. The average Bonchev–Trinajstić information content (AvgIpc) is 3.19. The van der Waals surface area contributed by atoms with Crippen LogP contribution in [0.1, 0.15) is 30.4 Å². The third kappa shape index (κ3) is 4.89. The second kappa shape index (κ2) is 11.1. The molecule has 0 spiro atoms. The smallest absolute Gasteiger partial charge is 0.233 e. The van der Waals surface area contributed by atoms with Gasteiger partial charge in [-0.3, -0.25) is 14.5 Å². The summed E-state index contributed by atoms with van der Waals surface area (Å²) in [4.78, 5) is 26.6. The summed E-state index contributed by atoms with van der Waals surface area (Å²) in [5.41, 5.74) is 3.88. The van der Waals surface area contributed by atoms with Crippen LogP contribution < -0.4 is 0 Å². The van der Waals surface area contributed by atoms with Gasteiger partial charge in [0, 0.05) is 18.4 Å². The summed E-state index contributed by atoms with van der Waals surface area (Å²) < 4.78 is 0. The van der Waals surface area contributed by atoms with Crippen LogP contribution in [0.15, 0.2) is 77.9 Å². The van der Waals surface area contributed by atoms with E-state index in [1.807, 2.05) is 60.7 Å². The number of carbonyl (C=O) groups is 2. The summed E-state index contributed by atoms with van der Waals surface area (Å²) in [5.74, 6) is -2.54. The Labute approximate surface area is 227 Å². The van der Waals surface area contributed by atoms with Gasteiger partial charge in [-0.25, -0.2) is 0 Å². The molecule has 1 aliphatic heterocycles. The van der Waals surface area contributed by atoms with Gasteiger partial charge in [-0.1, -0.05) is 66.7 Å². The van der Waals surface area contributed by atoms with Gasteiger partial charge in [-0.05, 0) is 58.6 Å². The van der Waals surface area contributed by atoms with Gasteiger partial charge in [-0.15, -0.1) is 0 Å². The molecule has 39 heavy (non-hydrogen) atoms. The number of phenolic OH excluding ortho intramolecular Hbond substituents is 1. The minimum absolute atomic E-state index is 0.194. The first-order valence-electron chi connectivity index (χ1n) is 13.2. The molecule has 7 nitrogen and oxygen atoms in total. The van der Waals surface area contributed by atoms with Crippen LogP contribution in [0.4, 0.5) is 0 Å². The molecule has 0 saturated carbocycles. The second-order valence-corrected chi connectivity index (χ2v) is 10.4. The standard InChI is InChI=1S/C32H33NO6/c1-33-31(38)25-16-22(17-34)29(26(18-35)30(25)32(33)39)28(37)14-11-20(19-7-3-2-4-8-19)15-21-12-13-27(36)24-10-6-5-9-23(21)24/h2-10,12-13,15,25-26,28,30,34-37H,11,14,16-18H2,1H3/b20-15-/t25-,26+,28-,30-/m1/s1. The van der Waals surface area contributed by atoms with E-state index in [0.29, 0.717) is 24.0 Å². The van der Waals surface area contributed by atoms with Crippen LogP contribution in [0.5, 0.6) is 5.75 Å². The fourth-order valence-electron chi connectivity index (χ4n) is 6.28. The van der Waals surface area contributed by atoms with Crippen LogP contribution in [-0.4, -0.2) is 63.5 Å². The SMILES string of the molecule is CN1C(=O)[C@@H]2[C@@H](CC(CO)=C([C@H](O)CC/C(=C/c3ccc(O)c4ccccc34)c3ccccc3)[C@@H]2CO)C1=O. The molecule has 7 heteroatoms. The maximum absolute atomic E-state index is 12.9. The molecule has 4 atom stereocenters. The number of amides is 2. The predicted molar refractivity (Wildman–Crippen MR) is 149 cm³/mol. The summed E-state index contributed by atoms with van der Waals surface area (Å²) in [6.45, 7) is -0.747. The number of aliphatic hydroxyl groups is 3. The molecule has 3 aromatic carbocycles. The van der Waals surface area contributed by atoms with Crippen LogP contribution in [-0.2, 0) is 9.59 Å². The van der Waals surface area contributed by atoms with E-state index >= 15 is 0 Å². The molecule has 4 N–H and O–H groups in total. The van der Waals surface area contributed by atoms with Gasteiger partial charge in [0.25, 0.3) is 0 Å². The van der Waals surface area contributed by atoms with Gasteiger partial charge in [0.2, 0.25) is 11.8 Å². The number of hydrogen-bond donors (Lipinski definition) is 4. The van der Waals surface area contributed by atoms with E-state index < -0.39 is 30.5 Å². The molecule has 2 amide bonds. The van der Waals surface area contributed by atoms with Crippen molar-refractivity contribution in [1.29, 1.82) is 0 Å². The molecule has 1 aliphatic carbocycles. The molecule has 0 radical (unpaired) electrons. The lowest BCUT2D eigenvalue weighted by molar-refractivity contribution is -0.138. The summed E-state index contributed by atoms with van der Waals surface area (Å²) in [6.07, 6.45) is 2.01. The number of imide groups is 1. The van der Waals surface area contributed by atoms with Crippen molar-refractivity contribution in [3.8, 4) is 5.75 Å². The van der Waals surface area contributed by atoms with E-state index in [9.17, 15) is 30.0 Å². The Hall–Kier alpha value is -3.78. The average molecular weight is 528 g/mol. The van der Waals surface area contributed by atoms with Crippen molar-refractivity contribution >= 4 is 34.2 Å². The molecule has 202 valence electrons. The molecule has 2 aliphatic rings. The fourth-order valence-corrected chi connectivity index (χ4v) is 6.28. The molecule has 1 saturated heterocycles. The zero-order chi connectivity index (χ0) is 27.7. The van der Waals surface area contributed by atoms with Crippen molar-refractivity contribution in [3.05, 3.63) is 89.0 Å². The van der Waals surface area contributed by atoms with Gasteiger partial charge < -0.3 is 20.4 Å². The van der Waals surface area contributed by atoms with Crippen molar-refractivity contribution in [2.45, 2.75) is 25.4 Å². The van der Waals surface area contributed by atoms with Gasteiger partial charge in [-0.2, -0.15) is 0 Å². The highest BCUT2D eigenvalue weighted by Crippen LogP contribution is 2.46. The number of phenols is 1. The lowest BCUT2D eigenvalue weighted by atomic mass is 9.68. The molecule has 3 aromatic rings. The number of aliphatic hydroxyl groups excluding tert-OH is 3. The minimum atomic E-state index is -1.01. The van der Waals surface area contributed by atoms with Crippen molar-refractivity contribution in [2.75, 3.05) is 20.3 Å². The second-order valence-electron chi connectivity index (χ2n) is 10.4. The molecule has 0 unspecified atom stereocenters. The highest BCUT2D eigenvalue weighted by molar-refractivity contribution is 6.05. The maximum atomic E-state index is 12.9. The highest BCUT2D eigenvalue weighted by Gasteiger charge is 2.53. The van der Waals surface area contributed by atoms with Crippen LogP contribution in [0.25, 0.3) is 22.4 Å². The molecule has 0 bridgehead atoms. The van der Waals surface area contributed by atoms with E-state index in [4.69, 9.17) is 0 Å². The van der Waals surface area contributed by atoms with Gasteiger partial charge in [0.05, 0.1) is 31.2 Å². The van der Waals surface area contributed by atoms with Gasteiger partial charge in [0.15, 0.2) is 0 Å². The summed E-state index contributed by atoms with van der Waals surface area (Å²) in [6, 6.07) is 21.0. The maximum Gasteiger partial charge on any atom is 0.233 e. The number of hydrogen-bond acceptors (Lipinski definition) is 6. The predicted octanol–water partition coefficient (Wildman–Crippen LogP) is 3.76. The number of nitrogens with zero attached hydrogens (tertiary/aromatic N) is 1. The third-order valence-corrected chi connectivity index (χ3v) is 8.25. The summed E-state index contributed by atoms with van der Waals surface area (Å²) in [5, 5.41) is 43.9. The van der Waals surface area contributed by atoms with Crippen LogP contribution >= 0.6 is 0 Å². The Bertz CT molecular complexity index is 1460. The Balaban J connectivity index is 1.48. The van der Waals surface area contributed by atoms with Crippen molar-refractivity contribution in [1.82, 2.24) is 4.90 Å². The van der Waals surface area contributed by atoms with E-state index in [1.165, 1.54) is 7.05 Å². The lowest BCUT2D eigenvalue weighted by Crippen LogP contribution is -2.39. The first-order valence-corrected chi connectivity index (χ1v) is 13.2. The van der Waals surface area contributed by atoms with Crippen molar-refractivity contribution in [2.24, 2.45) is 17.8 Å². The van der Waals surface area contributed by atoms with Gasteiger partial charge in [0.1, 0.15) is 5.75 Å². The Kier molecular flexibility index (Phi) is 7.66. The zero-order valence-electron chi connectivity index (χ0n) is 21.8. The minimum Gasteiger partial charge on any atom is -0.507 e. The molecule has 1 heterocycles. The Morgan fingerprint density at radius 2 is 1.67 bits per heavy atom. The Morgan fingerprint density at radius 1 is 0.974 bits per heavy atom. The largest absolute Gasteiger partial charge is 0.507 e. The molecular formula is C32H33NO6. The molecule has 5 rings (SSSR count). The first kappa shape index (κ1) is 26.8. The van der Waals surface area contributed by atoms with Gasteiger partial charge >= 0.3 is 0 Å². The van der Waals surface area contributed by atoms with Crippen molar-refractivity contribution in [3.63, 3.8) is 0 Å². The number of benzene rings is 3. The quantitative estimate of drug-likeness (QED) is 0.201. The lowest BCUT2D eigenvalue weighted by Gasteiger charge is -2.36. The normalized spacial score (nSPS) is 22.5.